The molecule has 0 unspecified atom stereocenters. The molecule has 9 heavy (non-hydrogen) atoms. The van der Waals surface area contributed by atoms with Gasteiger partial charge in [0, 0.05) is 0 Å². The molecule has 2 N–H and O–H groups in total. The molecule has 0 aromatic carbocycles. The first kappa shape index (κ1) is 7.06. The maximum atomic E-state index is 5.67. The number of hydrogen-bond acceptors (Lipinski definition) is 2. The van der Waals surface area contributed by atoms with Crippen LogP contribution in [0.1, 0.15) is 5.56 Å². The minimum absolute atomic E-state index is 0.701. The topological polar surface area (TPSA) is 26.0 Å². The van der Waals surface area contributed by atoms with Gasteiger partial charge >= 0.3 is 0 Å². The molecule has 1 heterocycles. The van der Waals surface area contributed by atoms with Crippen molar-refractivity contribution in [2.45, 2.75) is 6.42 Å². The fourth-order valence-corrected chi connectivity index (χ4v) is 1.59. The maximum absolute atomic E-state index is 5.67. The number of rotatable bonds is 2. The largest absolute Gasteiger partial charge is 0.330 e. The summed E-state index contributed by atoms with van der Waals surface area (Å²) in [6.07, 6.45) is 0.934. The van der Waals surface area contributed by atoms with E-state index in [1.54, 1.807) is 11.3 Å². The summed E-state index contributed by atoms with van der Waals surface area (Å²) in [6, 6.07) is 1.96. The van der Waals surface area contributed by atoms with Crippen LogP contribution in [-0.2, 0) is 6.42 Å². The molecule has 0 saturated heterocycles. The van der Waals surface area contributed by atoms with Crippen molar-refractivity contribution in [1.29, 1.82) is 0 Å². The van der Waals surface area contributed by atoms with E-state index in [4.69, 9.17) is 17.3 Å². The highest BCUT2D eigenvalue weighted by Crippen LogP contribution is 2.19. The van der Waals surface area contributed by atoms with Crippen LogP contribution in [0, 0.1) is 0 Å². The van der Waals surface area contributed by atoms with Gasteiger partial charge in [-0.05, 0) is 30.0 Å². The summed E-state index contributed by atoms with van der Waals surface area (Å²) in [7, 11) is 0. The molecule has 0 aliphatic carbocycles. The Morgan fingerprint density at radius 3 is 2.89 bits per heavy atom. The zero-order valence-corrected chi connectivity index (χ0v) is 6.50. The molecule has 0 aliphatic heterocycles. The van der Waals surface area contributed by atoms with Crippen molar-refractivity contribution >= 4 is 22.9 Å². The van der Waals surface area contributed by atoms with Crippen molar-refractivity contribution in [1.82, 2.24) is 0 Å². The molecule has 0 fully saturated rings. The van der Waals surface area contributed by atoms with Crippen LogP contribution >= 0.6 is 22.9 Å². The lowest BCUT2D eigenvalue weighted by Crippen LogP contribution is -2.01. The number of nitrogens with two attached hydrogens (primary N) is 1. The third-order valence-corrected chi connectivity index (χ3v) is 2.19. The molecule has 1 aromatic heterocycles. The molecular weight excluding hydrogens is 154 g/mol. The Hall–Kier alpha value is -0.0500. The number of thiophene rings is 1. The Kier molecular flexibility index (Phi) is 2.51. The molecule has 50 valence electrons. The van der Waals surface area contributed by atoms with Gasteiger partial charge in [-0.15, -0.1) is 11.3 Å². The third-order valence-electron chi connectivity index (χ3n) is 1.05. The van der Waals surface area contributed by atoms with Gasteiger partial charge in [-0.1, -0.05) is 11.6 Å². The van der Waals surface area contributed by atoms with Crippen LogP contribution in [0.4, 0.5) is 0 Å². The van der Waals surface area contributed by atoms with Crippen LogP contribution in [0.25, 0.3) is 0 Å². The van der Waals surface area contributed by atoms with Crippen LogP contribution in [0.2, 0.25) is 4.34 Å². The Labute approximate surface area is 63.4 Å². The summed E-state index contributed by atoms with van der Waals surface area (Å²) < 4.78 is 0.846. The number of halogens is 1. The molecule has 1 rings (SSSR count). The molecule has 3 heteroatoms. The van der Waals surface area contributed by atoms with Gasteiger partial charge in [-0.2, -0.15) is 0 Å². The maximum Gasteiger partial charge on any atom is 0.0931 e. The normalized spacial score (nSPS) is 10.0. The van der Waals surface area contributed by atoms with Gasteiger partial charge in [0.05, 0.1) is 4.34 Å². The van der Waals surface area contributed by atoms with E-state index < -0.39 is 0 Å². The fourth-order valence-electron chi connectivity index (χ4n) is 0.644. The Bertz CT molecular complexity index is 185. The molecule has 1 aromatic rings. The Morgan fingerprint density at radius 2 is 2.44 bits per heavy atom. The minimum Gasteiger partial charge on any atom is -0.330 e. The van der Waals surface area contributed by atoms with Gasteiger partial charge in [-0.25, -0.2) is 0 Å². The second kappa shape index (κ2) is 3.20. The molecule has 0 saturated carbocycles. The standard InChI is InChI=1S/C6H8ClNS/c7-6-3-5(1-2-8)4-9-6/h3-4H,1-2,8H2. The third kappa shape index (κ3) is 1.97. The first-order valence-electron chi connectivity index (χ1n) is 2.76. The molecule has 0 amide bonds. The second-order valence-corrected chi connectivity index (χ2v) is 3.34. The van der Waals surface area contributed by atoms with Gasteiger partial charge in [0.2, 0.25) is 0 Å². The molecule has 0 bridgehead atoms. The van der Waals surface area contributed by atoms with Crippen molar-refractivity contribution in [3.05, 3.63) is 21.3 Å². The zero-order valence-electron chi connectivity index (χ0n) is 4.93. The first-order chi connectivity index (χ1) is 4.33. The highest BCUT2D eigenvalue weighted by molar-refractivity contribution is 7.14. The quantitative estimate of drug-likeness (QED) is 0.705. The zero-order chi connectivity index (χ0) is 6.69. The van der Waals surface area contributed by atoms with Crippen molar-refractivity contribution in [3.63, 3.8) is 0 Å². The van der Waals surface area contributed by atoms with Crippen LogP contribution in [-0.4, -0.2) is 6.54 Å². The van der Waals surface area contributed by atoms with Crippen LogP contribution in [0.5, 0.6) is 0 Å². The SMILES string of the molecule is NCCc1csc(Cl)c1. The fraction of sp³-hybridized carbons (Fsp3) is 0.333. The van der Waals surface area contributed by atoms with Crippen molar-refractivity contribution in [2.24, 2.45) is 5.73 Å². The second-order valence-electron chi connectivity index (χ2n) is 1.80. The molecule has 0 spiro atoms. The minimum atomic E-state index is 0.701. The lowest BCUT2D eigenvalue weighted by molar-refractivity contribution is 0.974. The molecule has 0 atom stereocenters. The van der Waals surface area contributed by atoms with Crippen molar-refractivity contribution in [3.8, 4) is 0 Å². The smallest absolute Gasteiger partial charge is 0.0931 e. The predicted molar refractivity (Wildman–Crippen MR) is 42.1 cm³/mol. The summed E-state index contributed by atoms with van der Waals surface area (Å²) in [5.74, 6) is 0. The highest BCUT2D eigenvalue weighted by atomic mass is 35.5. The summed E-state index contributed by atoms with van der Waals surface area (Å²) in [5, 5.41) is 2.04. The molecular formula is C6H8ClNS. The van der Waals surface area contributed by atoms with Crippen LogP contribution in [0.3, 0.4) is 0 Å². The molecule has 0 radical (unpaired) electrons. The van der Waals surface area contributed by atoms with E-state index >= 15 is 0 Å². The van der Waals surface area contributed by atoms with Gasteiger partial charge in [0.15, 0.2) is 0 Å². The monoisotopic (exact) mass is 161 g/mol. The van der Waals surface area contributed by atoms with Crippen LogP contribution < -0.4 is 5.73 Å². The van der Waals surface area contributed by atoms with Gasteiger partial charge in [-0.3, -0.25) is 0 Å². The summed E-state index contributed by atoms with van der Waals surface area (Å²) >= 11 is 7.23. The average Bonchev–Trinajstić information content (AvgIpc) is 2.17. The van der Waals surface area contributed by atoms with Gasteiger partial charge < -0.3 is 5.73 Å². The Morgan fingerprint density at radius 1 is 1.67 bits per heavy atom. The highest BCUT2D eigenvalue weighted by Gasteiger charge is 1.93. The van der Waals surface area contributed by atoms with E-state index in [1.165, 1.54) is 5.56 Å². The summed E-state index contributed by atoms with van der Waals surface area (Å²) in [6.45, 7) is 0.701. The lowest BCUT2D eigenvalue weighted by Gasteiger charge is -1.86. The van der Waals surface area contributed by atoms with E-state index in [9.17, 15) is 0 Å². The van der Waals surface area contributed by atoms with E-state index in [2.05, 4.69) is 0 Å². The summed E-state index contributed by atoms with van der Waals surface area (Å²) in [4.78, 5) is 0. The lowest BCUT2D eigenvalue weighted by atomic mass is 10.2. The first-order valence-corrected chi connectivity index (χ1v) is 4.01. The average molecular weight is 162 g/mol. The van der Waals surface area contributed by atoms with Crippen molar-refractivity contribution < 1.29 is 0 Å². The van der Waals surface area contributed by atoms with E-state index in [1.807, 2.05) is 11.4 Å². The van der Waals surface area contributed by atoms with E-state index in [0.29, 0.717) is 6.54 Å². The molecule has 0 aliphatic rings. The van der Waals surface area contributed by atoms with E-state index in [-0.39, 0.29) is 0 Å². The number of hydrogen-bond donors (Lipinski definition) is 1. The van der Waals surface area contributed by atoms with Gasteiger partial charge in [0.1, 0.15) is 0 Å². The summed E-state index contributed by atoms with van der Waals surface area (Å²) in [5.41, 5.74) is 6.57. The van der Waals surface area contributed by atoms with Crippen LogP contribution in [0.15, 0.2) is 11.4 Å². The van der Waals surface area contributed by atoms with Gasteiger partial charge in [0.25, 0.3) is 0 Å². The van der Waals surface area contributed by atoms with Crippen molar-refractivity contribution in [2.75, 3.05) is 6.54 Å². The van der Waals surface area contributed by atoms with E-state index in [0.717, 1.165) is 10.8 Å². The Balaban J connectivity index is 2.61. The molecule has 1 nitrogen and oxygen atoms in total. The predicted octanol–water partition coefficient (Wildman–Crippen LogP) is 1.90.